The molecule has 0 atom stereocenters. The van der Waals surface area contributed by atoms with Crippen LogP contribution in [0.1, 0.15) is 20.8 Å². The topological polar surface area (TPSA) is 38.4 Å². The first-order valence-electron chi connectivity index (χ1n) is 4.92. The van der Waals surface area contributed by atoms with Crippen molar-refractivity contribution in [1.29, 1.82) is 0 Å². The van der Waals surface area contributed by atoms with Gasteiger partial charge in [-0.05, 0) is 30.5 Å². The largest absolute Gasteiger partial charge is 0.387 e. The summed E-state index contributed by atoms with van der Waals surface area (Å²) in [6.45, 7) is 6.17. The highest BCUT2D eigenvalue weighted by molar-refractivity contribution is 7.98. The van der Waals surface area contributed by atoms with E-state index in [-0.39, 0.29) is 5.41 Å². The summed E-state index contributed by atoms with van der Waals surface area (Å²) in [5, 5.41) is 0. The van der Waals surface area contributed by atoms with E-state index in [1.165, 1.54) is 4.90 Å². The molecule has 0 aliphatic carbocycles. The van der Waals surface area contributed by atoms with E-state index in [0.717, 1.165) is 5.69 Å². The fourth-order valence-corrected chi connectivity index (χ4v) is 1.37. The first-order chi connectivity index (χ1) is 6.93. The zero-order valence-electron chi connectivity index (χ0n) is 9.74. The lowest BCUT2D eigenvalue weighted by Gasteiger charge is -2.17. The van der Waals surface area contributed by atoms with E-state index in [2.05, 4.69) is 44.2 Å². The molecule has 0 saturated carbocycles. The summed E-state index contributed by atoms with van der Waals surface area (Å²) in [5.74, 6) is 0.666. The lowest BCUT2D eigenvalue weighted by Crippen LogP contribution is -2.28. The molecule has 0 amide bonds. The third-order valence-corrected chi connectivity index (χ3v) is 2.83. The third kappa shape index (κ3) is 3.59. The molecule has 0 saturated heterocycles. The van der Waals surface area contributed by atoms with E-state index >= 15 is 0 Å². The maximum Gasteiger partial charge on any atom is 0.105 e. The molecule has 1 rings (SSSR count). The fourth-order valence-electron chi connectivity index (χ4n) is 0.964. The summed E-state index contributed by atoms with van der Waals surface area (Å²) < 4.78 is 0. The highest BCUT2D eigenvalue weighted by Crippen LogP contribution is 2.21. The molecule has 0 aliphatic rings. The van der Waals surface area contributed by atoms with Crippen molar-refractivity contribution in [3.8, 4) is 0 Å². The first-order valence-corrected chi connectivity index (χ1v) is 6.14. The van der Waals surface area contributed by atoms with E-state index in [4.69, 9.17) is 5.73 Å². The summed E-state index contributed by atoms with van der Waals surface area (Å²) in [6, 6.07) is 8.09. The van der Waals surface area contributed by atoms with Gasteiger partial charge < -0.3 is 5.73 Å². The molecule has 0 aromatic heterocycles. The highest BCUT2D eigenvalue weighted by Gasteiger charge is 2.15. The van der Waals surface area contributed by atoms with Gasteiger partial charge in [0.05, 0.1) is 5.69 Å². The van der Waals surface area contributed by atoms with Gasteiger partial charge in [-0.2, -0.15) is 0 Å². The molecule has 82 valence electrons. The molecule has 3 heteroatoms. The Morgan fingerprint density at radius 1 is 1.20 bits per heavy atom. The molecular formula is C12H18N2S. The van der Waals surface area contributed by atoms with Crippen LogP contribution in [0.2, 0.25) is 0 Å². The van der Waals surface area contributed by atoms with Crippen LogP contribution in [-0.4, -0.2) is 12.1 Å². The van der Waals surface area contributed by atoms with Gasteiger partial charge in [-0.1, -0.05) is 20.8 Å². The van der Waals surface area contributed by atoms with Crippen LogP contribution in [0.5, 0.6) is 0 Å². The average molecular weight is 222 g/mol. The maximum absolute atomic E-state index is 5.90. The normalized spacial score (nSPS) is 12.9. The number of rotatable bonds is 2. The third-order valence-electron chi connectivity index (χ3n) is 2.09. The first kappa shape index (κ1) is 12.1. The quantitative estimate of drug-likeness (QED) is 0.473. The number of benzene rings is 1. The zero-order chi connectivity index (χ0) is 11.5. The van der Waals surface area contributed by atoms with Gasteiger partial charge in [0, 0.05) is 10.3 Å². The van der Waals surface area contributed by atoms with Gasteiger partial charge in [-0.25, -0.2) is 4.99 Å². The molecule has 0 bridgehead atoms. The van der Waals surface area contributed by atoms with Gasteiger partial charge in [0.1, 0.15) is 5.84 Å². The molecule has 0 fully saturated rings. The van der Waals surface area contributed by atoms with Crippen LogP contribution < -0.4 is 5.73 Å². The molecule has 0 unspecified atom stereocenters. The molecule has 1 aromatic rings. The van der Waals surface area contributed by atoms with E-state index in [9.17, 15) is 0 Å². The predicted molar refractivity (Wildman–Crippen MR) is 69.0 cm³/mol. The van der Waals surface area contributed by atoms with Crippen molar-refractivity contribution in [2.45, 2.75) is 25.7 Å². The SMILES string of the molecule is CSc1ccc(N=C(N)C(C)(C)C)cc1. The Hall–Kier alpha value is -0.960. The van der Waals surface area contributed by atoms with E-state index in [1.54, 1.807) is 11.8 Å². The van der Waals surface area contributed by atoms with Crippen molar-refractivity contribution in [3.05, 3.63) is 24.3 Å². The average Bonchev–Trinajstić information content (AvgIpc) is 2.17. The van der Waals surface area contributed by atoms with Crippen molar-refractivity contribution >= 4 is 23.3 Å². The van der Waals surface area contributed by atoms with Gasteiger partial charge in [0.25, 0.3) is 0 Å². The van der Waals surface area contributed by atoms with Gasteiger partial charge in [-0.3, -0.25) is 0 Å². The molecule has 0 heterocycles. The van der Waals surface area contributed by atoms with Crippen LogP contribution in [0.3, 0.4) is 0 Å². The number of aliphatic imine (C=N–C) groups is 1. The Balaban J connectivity index is 2.89. The molecule has 15 heavy (non-hydrogen) atoms. The van der Waals surface area contributed by atoms with Gasteiger partial charge in [0.2, 0.25) is 0 Å². The Morgan fingerprint density at radius 2 is 1.73 bits per heavy atom. The molecule has 2 N–H and O–H groups in total. The summed E-state index contributed by atoms with van der Waals surface area (Å²) in [6.07, 6.45) is 2.06. The van der Waals surface area contributed by atoms with Crippen molar-refractivity contribution in [2.24, 2.45) is 16.1 Å². The van der Waals surface area contributed by atoms with Gasteiger partial charge in [-0.15, -0.1) is 11.8 Å². The molecule has 0 spiro atoms. The van der Waals surface area contributed by atoms with Crippen LogP contribution >= 0.6 is 11.8 Å². The van der Waals surface area contributed by atoms with Crippen molar-refractivity contribution in [1.82, 2.24) is 0 Å². The minimum atomic E-state index is -0.0713. The number of hydrogen-bond acceptors (Lipinski definition) is 2. The van der Waals surface area contributed by atoms with Crippen molar-refractivity contribution in [2.75, 3.05) is 6.26 Å². The number of amidine groups is 1. The monoisotopic (exact) mass is 222 g/mol. The zero-order valence-corrected chi connectivity index (χ0v) is 10.6. The van der Waals surface area contributed by atoms with Gasteiger partial charge in [0.15, 0.2) is 0 Å². The van der Waals surface area contributed by atoms with Crippen LogP contribution in [0, 0.1) is 5.41 Å². The fraction of sp³-hybridized carbons (Fsp3) is 0.417. The maximum atomic E-state index is 5.90. The molecule has 1 aromatic carbocycles. The van der Waals surface area contributed by atoms with E-state index in [0.29, 0.717) is 5.84 Å². The lowest BCUT2D eigenvalue weighted by molar-refractivity contribution is 0.585. The molecule has 0 aliphatic heterocycles. The summed E-state index contributed by atoms with van der Waals surface area (Å²) in [5.41, 5.74) is 6.74. The van der Waals surface area contributed by atoms with Crippen LogP contribution in [-0.2, 0) is 0 Å². The lowest BCUT2D eigenvalue weighted by atomic mass is 9.95. The minimum absolute atomic E-state index is 0.0713. The second kappa shape index (κ2) is 4.71. The van der Waals surface area contributed by atoms with Gasteiger partial charge >= 0.3 is 0 Å². The molecular weight excluding hydrogens is 204 g/mol. The Labute approximate surface area is 96.0 Å². The number of thioether (sulfide) groups is 1. The summed E-state index contributed by atoms with van der Waals surface area (Å²) in [7, 11) is 0. The Morgan fingerprint density at radius 3 is 2.13 bits per heavy atom. The molecule has 2 nitrogen and oxygen atoms in total. The van der Waals surface area contributed by atoms with E-state index < -0.39 is 0 Å². The van der Waals surface area contributed by atoms with Crippen LogP contribution in [0.4, 0.5) is 5.69 Å². The van der Waals surface area contributed by atoms with Crippen molar-refractivity contribution in [3.63, 3.8) is 0 Å². The minimum Gasteiger partial charge on any atom is -0.387 e. The highest BCUT2D eigenvalue weighted by atomic mass is 32.2. The van der Waals surface area contributed by atoms with Crippen molar-refractivity contribution < 1.29 is 0 Å². The Bertz CT molecular complexity index is 347. The van der Waals surface area contributed by atoms with Crippen LogP contribution in [0.15, 0.2) is 34.2 Å². The number of nitrogens with two attached hydrogens (primary N) is 1. The standard InChI is InChI=1S/C12H18N2S/c1-12(2,3)11(13)14-9-5-7-10(15-4)8-6-9/h5-8H,1-4H3,(H2,13,14). The predicted octanol–water partition coefficient (Wildman–Crippen LogP) is 3.44. The molecule has 0 radical (unpaired) electrons. The number of hydrogen-bond donors (Lipinski definition) is 1. The Kier molecular flexibility index (Phi) is 3.80. The second-order valence-corrected chi connectivity index (χ2v) is 5.32. The smallest absolute Gasteiger partial charge is 0.105 e. The second-order valence-electron chi connectivity index (χ2n) is 4.45. The number of nitrogens with zero attached hydrogens (tertiary/aromatic N) is 1. The van der Waals surface area contributed by atoms with E-state index in [1.807, 2.05) is 12.1 Å². The summed E-state index contributed by atoms with van der Waals surface area (Å²) >= 11 is 1.72. The summed E-state index contributed by atoms with van der Waals surface area (Å²) in [4.78, 5) is 5.63. The van der Waals surface area contributed by atoms with Crippen LogP contribution in [0.25, 0.3) is 0 Å².